The van der Waals surface area contributed by atoms with Crippen molar-refractivity contribution in [3.8, 4) is 23.0 Å². The fraction of sp³-hybridized carbons (Fsp3) is 0. The number of halogens is 2. The molecular formula is C12H7Cl2N3O2. The van der Waals surface area contributed by atoms with Crippen molar-refractivity contribution < 1.29 is 8.94 Å². The summed E-state index contributed by atoms with van der Waals surface area (Å²) in [5.41, 5.74) is 6.58. The molecule has 1 aromatic carbocycles. The van der Waals surface area contributed by atoms with Gasteiger partial charge in [0.05, 0.1) is 22.0 Å². The SMILES string of the molecule is Nc1c(Cl)cc(-c2nc(-c3ccco3)no2)cc1Cl. The topological polar surface area (TPSA) is 78.1 Å². The van der Waals surface area contributed by atoms with Gasteiger partial charge >= 0.3 is 0 Å². The number of hydrogen-bond donors (Lipinski definition) is 1. The Kier molecular flexibility index (Phi) is 2.93. The average molecular weight is 296 g/mol. The summed E-state index contributed by atoms with van der Waals surface area (Å²) in [6.07, 6.45) is 1.53. The molecule has 2 N–H and O–H groups in total. The molecule has 96 valence electrons. The van der Waals surface area contributed by atoms with Gasteiger partial charge in [-0.2, -0.15) is 4.98 Å². The summed E-state index contributed by atoms with van der Waals surface area (Å²) in [6.45, 7) is 0. The summed E-state index contributed by atoms with van der Waals surface area (Å²) in [4.78, 5) is 4.21. The molecule has 0 radical (unpaired) electrons. The minimum atomic E-state index is 0.287. The highest BCUT2D eigenvalue weighted by atomic mass is 35.5. The van der Waals surface area contributed by atoms with Crippen molar-refractivity contribution in [1.29, 1.82) is 0 Å². The van der Waals surface area contributed by atoms with Crippen LogP contribution in [0.15, 0.2) is 39.5 Å². The number of aromatic nitrogens is 2. The van der Waals surface area contributed by atoms with E-state index in [1.807, 2.05) is 0 Å². The molecule has 0 fully saturated rings. The highest BCUT2D eigenvalue weighted by Crippen LogP contribution is 2.33. The molecule has 0 aliphatic rings. The fourth-order valence-electron chi connectivity index (χ4n) is 1.55. The molecule has 0 aliphatic heterocycles. The van der Waals surface area contributed by atoms with Crippen LogP contribution in [0.4, 0.5) is 5.69 Å². The van der Waals surface area contributed by atoms with Crippen LogP contribution < -0.4 is 5.73 Å². The second kappa shape index (κ2) is 4.60. The van der Waals surface area contributed by atoms with Crippen LogP contribution in [0, 0.1) is 0 Å². The first-order chi connectivity index (χ1) is 9.15. The lowest BCUT2D eigenvalue weighted by Gasteiger charge is -2.02. The predicted molar refractivity (Wildman–Crippen MR) is 71.9 cm³/mol. The zero-order chi connectivity index (χ0) is 13.4. The maximum Gasteiger partial charge on any atom is 0.258 e. The molecule has 3 aromatic rings. The van der Waals surface area contributed by atoms with Gasteiger partial charge in [-0.3, -0.25) is 0 Å². The van der Waals surface area contributed by atoms with Gasteiger partial charge < -0.3 is 14.7 Å². The molecule has 0 saturated heterocycles. The monoisotopic (exact) mass is 295 g/mol. The molecule has 2 heterocycles. The van der Waals surface area contributed by atoms with Gasteiger partial charge in [-0.25, -0.2) is 0 Å². The average Bonchev–Trinajstić information content (AvgIpc) is 3.05. The number of nitrogens with two attached hydrogens (primary N) is 1. The first-order valence-corrected chi connectivity index (χ1v) is 6.03. The van der Waals surface area contributed by atoms with E-state index in [4.69, 9.17) is 37.9 Å². The quantitative estimate of drug-likeness (QED) is 0.726. The number of anilines is 1. The Morgan fingerprint density at radius 3 is 2.53 bits per heavy atom. The summed E-state index contributed by atoms with van der Waals surface area (Å²) in [5.74, 6) is 1.15. The number of rotatable bonds is 2. The second-order valence-corrected chi connectivity index (χ2v) is 4.57. The summed E-state index contributed by atoms with van der Waals surface area (Å²) in [6, 6.07) is 6.70. The van der Waals surface area contributed by atoms with Crippen molar-refractivity contribution in [2.24, 2.45) is 0 Å². The van der Waals surface area contributed by atoms with E-state index in [1.54, 1.807) is 24.3 Å². The third-order valence-electron chi connectivity index (χ3n) is 2.49. The standard InChI is InChI=1S/C12H7Cl2N3O2/c13-7-4-6(5-8(14)10(7)15)12-16-11(17-19-12)9-2-1-3-18-9/h1-5H,15H2. The molecule has 19 heavy (non-hydrogen) atoms. The Morgan fingerprint density at radius 1 is 1.16 bits per heavy atom. The van der Waals surface area contributed by atoms with E-state index in [-0.39, 0.29) is 5.89 Å². The van der Waals surface area contributed by atoms with Crippen molar-refractivity contribution in [3.05, 3.63) is 40.6 Å². The van der Waals surface area contributed by atoms with Crippen molar-refractivity contribution in [3.63, 3.8) is 0 Å². The van der Waals surface area contributed by atoms with Gasteiger partial charge in [-0.15, -0.1) is 0 Å². The molecule has 3 rings (SSSR count). The van der Waals surface area contributed by atoms with E-state index in [0.717, 1.165) is 0 Å². The molecule has 7 heteroatoms. The summed E-state index contributed by atoms with van der Waals surface area (Å²) >= 11 is 11.9. The molecule has 0 spiro atoms. The Hall–Kier alpha value is -1.98. The lowest BCUT2D eigenvalue weighted by atomic mass is 10.2. The molecule has 0 atom stereocenters. The molecule has 5 nitrogen and oxygen atoms in total. The molecule has 0 aliphatic carbocycles. The van der Waals surface area contributed by atoms with Crippen LogP contribution in [0.25, 0.3) is 23.0 Å². The number of nitrogen functional groups attached to an aromatic ring is 1. The molecule has 0 bridgehead atoms. The van der Waals surface area contributed by atoms with Gasteiger partial charge in [0.15, 0.2) is 5.76 Å². The van der Waals surface area contributed by atoms with Gasteiger partial charge in [-0.1, -0.05) is 28.4 Å². The van der Waals surface area contributed by atoms with Gasteiger partial charge in [0.25, 0.3) is 5.89 Å². The maximum atomic E-state index is 5.96. The second-order valence-electron chi connectivity index (χ2n) is 3.75. The minimum Gasteiger partial charge on any atom is -0.461 e. The van der Waals surface area contributed by atoms with Crippen LogP contribution in [0.5, 0.6) is 0 Å². The van der Waals surface area contributed by atoms with Crippen molar-refractivity contribution in [2.75, 3.05) is 5.73 Å². The number of furan rings is 1. The Balaban J connectivity index is 2.04. The first-order valence-electron chi connectivity index (χ1n) is 5.27. The molecule has 0 unspecified atom stereocenters. The van der Waals surface area contributed by atoms with E-state index in [2.05, 4.69) is 10.1 Å². The number of hydrogen-bond acceptors (Lipinski definition) is 5. The Bertz CT molecular complexity index is 699. The lowest BCUT2D eigenvalue weighted by Crippen LogP contribution is -1.89. The Labute approximate surface area is 117 Å². The van der Waals surface area contributed by atoms with Gasteiger partial charge in [0.1, 0.15) is 0 Å². The van der Waals surface area contributed by atoms with Crippen molar-refractivity contribution in [1.82, 2.24) is 10.1 Å². The van der Waals surface area contributed by atoms with Crippen LogP contribution in [0.2, 0.25) is 10.0 Å². The molecular weight excluding hydrogens is 289 g/mol. The largest absolute Gasteiger partial charge is 0.461 e. The first kappa shape index (κ1) is 12.1. The smallest absolute Gasteiger partial charge is 0.258 e. The number of benzene rings is 1. The van der Waals surface area contributed by atoms with Crippen LogP contribution >= 0.6 is 23.2 Å². The Morgan fingerprint density at radius 2 is 1.89 bits per heavy atom. The minimum absolute atomic E-state index is 0.287. The summed E-state index contributed by atoms with van der Waals surface area (Å²) in [5, 5.41) is 4.49. The van der Waals surface area contributed by atoms with E-state index >= 15 is 0 Å². The van der Waals surface area contributed by atoms with Gasteiger partial charge in [0, 0.05) is 5.56 Å². The zero-order valence-electron chi connectivity index (χ0n) is 9.43. The molecule has 0 saturated carbocycles. The van der Waals surface area contributed by atoms with E-state index < -0.39 is 0 Å². The molecule has 0 amide bonds. The van der Waals surface area contributed by atoms with Crippen LogP contribution in [0.1, 0.15) is 0 Å². The lowest BCUT2D eigenvalue weighted by molar-refractivity contribution is 0.429. The normalized spacial score (nSPS) is 10.8. The van der Waals surface area contributed by atoms with Gasteiger partial charge in [-0.05, 0) is 24.3 Å². The third kappa shape index (κ3) is 2.18. The highest BCUT2D eigenvalue weighted by Gasteiger charge is 2.14. The van der Waals surface area contributed by atoms with Crippen molar-refractivity contribution in [2.45, 2.75) is 0 Å². The van der Waals surface area contributed by atoms with Gasteiger partial charge in [0.2, 0.25) is 5.82 Å². The predicted octanol–water partition coefficient (Wildman–Crippen LogP) is 3.89. The summed E-state index contributed by atoms with van der Waals surface area (Å²) in [7, 11) is 0. The number of nitrogens with zero attached hydrogens (tertiary/aromatic N) is 2. The fourth-order valence-corrected chi connectivity index (χ4v) is 2.04. The zero-order valence-corrected chi connectivity index (χ0v) is 10.9. The maximum absolute atomic E-state index is 5.96. The van der Waals surface area contributed by atoms with Crippen LogP contribution in [-0.4, -0.2) is 10.1 Å². The van der Waals surface area contributed by atoms with Crippen LogP contribution in [0.3, 0.4) is 0 Å². The van der Waals surface area contributed by atoms with Crippen LogP contribution in [-0.2, 0) is 0 Å². The molecule has 2 aromatic heterocycles. The summed E-state index contributed by atoms with van der Waals surface area (Å²) < 4.78 is 10.3. The van der Waals surface area contributed by atoms with E-state index in [0.29, 0.717) is 32.9 Å². The van der Waals surface area contributed by atoms with E-state index in [9.17, 15) is 0 Å². The van der Waals surface area contributed by atoms with Crippen molar-refractivity contribution >= 4 is 28.9 Å². The van der Waals surface area contributed by atoms with E-state index in [1.165, 1.54) is 6.26 Å². The third-order valence-corrected chi connectivity index (χ3v) is 3.12. The highest BCUT2D eigenvalue weighted by molar-refractivity contribution is 6.39.